The average molecular weight is 373 g/mol. The van der Waals surface area contributed by atoms with Gasteiger partial charge in [0.25, 0.3) is 0 Å². The first-order valence-electron chi connectivity index (χ1n) is 9.32. The first-order valence-corrected chi connectivity index (χ1v) is 11.0. The molecule has 2 atom stereocenters. The summed E-state index contributed by atoms with van der Waals surface area (Å²) in [6, 6.07) is 18.3. The summed E-state index contributed by atoms with van der Waals surface area (Å²) in [6.07, 6.45) is 2.47. The highest BCUT2D eigenvalue weighted by atomic mass is 32.2. The lowest BCUT2D eigenvalue weighted by Gasteiger charge is -2.25. The molecule has 140 valence electrons. The van der Waals surface area contributed by atoms with Crippen molar-refractivity contribution in [3.05, 3.63) is 65.7 Å². The van der Waals surface area contributed by atoms with Crippen LogP contribution in [0.4, 0.5) is 0 Å². The molecule has 1 fully saturated rings. The number of sulfone groups is 1. The van der Waals surface area contributed by atoms with Crippen LogP contribution in [0.3, 0.4) is 0 Å². The van der Waals surface area contributed by atoms with Gasteiger partial charge >= 0.3 is 0 Å². The Balaban J connectivity index is 1.83. The maximum Gasteiger partial charge on any atom is 0.178 e. The topological polar surface area (TPSA) is 49.4 Å². The minimum Gasteiger partial charge on any atom is -0.305 e. The van der Waals surface area contributed by atoms with Crippen molar-refractivity contribution in [1.29, 1.82) is 0 Å². The normalized spacial score (nSPS) is 19.5. The summed E-state index contributed by atoms with van der Waals surface area (Å²) in [4.78, 5) is 2.80. The van der Waals surface area contributed by atoms with Crippen LogP contribution >= 0.6 is 0 Å². The van der Waals surface area contributed by atoms with Gasteiger partial charge in [-0.3, -0.25) is 0 Å². The maximum absolute atomic E-state index is 12.1. The second-order valence-corrected chi connectivity index (χ2v) is 9.28. The highest BCUT2D eigenvalue weighted by molar-refractivity contribution is 7.91. The van der Waals surface area contributed by atoms with E-state index in [2.05, 4.69) is 29.4 Å². The van der Waals surface area contributed by atoms with Crippen molar-refractivity contribution in [2.75, 3.05) is 25.9 Å². The van der Waals surface area contributed by atoms with Crippen molar-refractivity contribution < 1.29 is 8.42 Å². The number of hydrogen-bond donors (Lipinski definition) is 1. The predicted octanol–water partition coefficient (Wildman–Crippen LogP) is 3.25. The third kappa shape index (κ3) is 4.34. The van der Waals surface area contributed by atoms with Crippen molar-refractivity contribution in [2.45, 2.75) is 36.7 Å². The molecule has 1 N–H and O–H groups in total. The van der Waals surface area contributed by atoms with Gasteiger partial charge in [-0.05, 0) is 49.7 Å². The molecule has 2 aromatic rings. The number of nitrogens with zero attached hydrogens (tertiary/aromatic N) is 1. The van der Waals surface area contributed by atoms with E-state index in [1.807, 2.05) is 30.3 Å². The molecule has 26 heavy (non-hydrogen) atoms. The minimum atomic E-state index is -3.17. The van der Waals surface area contributed by atoms with Gasteiger partial charge < -0.3 is 10.2 Å². The second-order valence-electron chi connectivity index (χ2n) is 7.00. The highest BCUT2D eigenvalue weighted by Crippen LogP contribution is 2.25. The van der Waals surface area contributed by atoms with Gasteiger partial charge in [0.2, 0.25) is 0 Å². The molecule has 0 unspecified atom stereocenters. The number of nitrogens with one attached hydrogen (secondary N) is 1. The second kappa shape index (κ2) is 8.33. The Morgan fingerprint density at radius 2 is 1.73 bits per heavy atom. The number of hydrogen-bond acceptors (Lipinski definition) is 4. The zero-order chi connectivity index (χ0) is 18.6. The summed E-state index contributed by atoms with van der Waals surface area (Å²) in [5.41, 5.74) is 2.28. The van der Waals surface area contributed by atoms with Gasteiger partial charge in [-0.1, -0.05) is 49.4 Å². The molecule has 1 aliphatic rings. The summed E-state index contributed by atoms with van der Waals surface area (Å²) >= 11 is 0. The summed E-state index contributed by atoms with van der Waals surface area (Å²) in [5, 5.41) is 3.71. The van der Waals surface area contributed by atoms with Gasteiger partial charge in [-0.2, -0.15) is 0 Å². The molecule has 4 nitrogen and oxygen atoms in total. The van der Waals surface area contributed by atoms with Crippen LogP contribution in [-0.4, -0.2) is 45.2 Å². The Labute approximate surface area is 157 Å². The van der Waals surface area contributed by atoms with Gasteiger partial charge in [0.05, 0.1) is 16.7 Å². The Hall–Kier alpha value is -1.69. The largest absolute Gasteiger partial charge is 0.305 e. The van der Waals surface area contributed by atoms with E-state index in [1.165, 1.54) is 18.4 Å². The van der Waals surface area contributed by atoms with Crippen LogP contribution in [0.15, 0.2) is 59.5 Å². The monoisotopic (exact) mass is 372 g/mol. The van der Waals surface area contributed by atoms with Crippen LogP contribution in [0, 0.1) is 0 Å². The minimum absolute atomic E-state index is 0.0589. The van der Waals surface area contributed by atoms with E-state index in [0.29, 0.717) is 10.9 Å². The molecular weight excluding hydrogens is 344 g/mol. The third-order valence-electron chi connectivity index (χ3n) is 5.31. The van der Waals surface area contributed by atoms with Crippen molar-refractivity contribution in [1.82, 2.24) is 10.2 Å². The highest BCUT2D eigenvalue weighted by Gasteiger charge is 2.23. The number of benzene rings is 2. The van der Waals surface area contributed by atoms with Crippen LogP contribution in [0.2, 0.25) is 0 Å². The van der Waals surface area contributed by atoms with Crippen molar-refractivity contribution in [2.24, 2.45) is 0 Å². The molecule has 0 spiro atoms. The van der Waals surface area contributed by atoms with E-state index in [-0.39, 0.29) is 11.8 Å². The lowest BCUT2D eigenvalue weighted by atomic mass is 9.98. The maximum atomic E-state index is 12.1. The van der Waals surface area contributed by atoms with Crippen molar-refractivity contribution >= 4 is 9.84 Å². The lowest BCUT2D eigenvalue weighted by Crippen LogP contribution is -2.37. The molecule has 1 heterocycles. The molecule has 0 bridgehead atoms. The van der Waals surface area contributed by atoms with E-state index < -0.39 is 9.84 Å². The zero-order valence-corrected chi connectivity index (χ0v) is 16.4. The van der Waals surface area contributed by atoms with Gasteiger partial charge in [-0.15, -0.1) is 0 Å². The van der Waals surface area contributed by atoms with E-state index in [0.717, 1.165) is 18.7 Å². The summed E-state index contributed by atoms with van der Waals surface area (Å²) in [6.45, 7) is 3.76. The number of rotatable bonds is 7. The molecule has 0 aromatic heterocycles. The average Bonchev–Trinajstić information content (AvgIpc) is 3.08. The summed E-state index contributed by atoms with van der Waals surface area (Å²) in [5.74, 6) is 0.126. The fourth-order valence-electron chi connectivity index (χ4n) is 3.60. The van der Waals surface area contributed by atoms with Gasteiger partial charge in [-0.25, -0.2) is 8.42 Å². The lowest BCUT2D eigenvalue weighted by molar-refractivity contribution is 0.295. The van der Waals surface area contributed by atoms with Gasteiger partial charge in [0.1, 0.15) is 0 Å². The Kier molecular flexibility index (Phi) is 6.12. The van der Waals surface area contributed by atoms with Crippen LogP contribution < -0.4 is 5.32 Å². The van der Waals surface area contributed by atoms with E-state index in [4.69, 9.17) is 0 Å². The summed E-state index contributed by atoms with van der Waals surface area (Å²) in [7, 11) is -0.983. The molecule has 0 radical (unpaired) electrons. The molecule has 5 heteroatoms. The Bertz CT molecular complexity index is 804. The Morgan fingerprint density at radius 1 is 1.08 bits per heavy atom. The van der Waals surface area contributed by atoms with Crippen molar-refractivity contribution in [3.8, 4) is 0 Å². The standard InChI is InChI=1S/C21H28N2O2S/c1-3-26(24,25)20-13-11-18(12-14-20)21(17-8-5-4-6-9-17)22-16-19-10-7-15-23(19)2/h4-6,8-9,11-14,19,21-22H,3,7,10,15-16H2,1-2H3/t19-,21+/m0/s1. The quantitative estimate of drug-likeness (QED) is 0.810. The van der Waals surface area contributed by atoms with E-state index in [9.17, 15) is 8.42 Å². The molecule has 0 amide bonds. The van der Waals surface area contributed by atoms with Crippen LogP contribution in [0.1, 0.15) is 36.9 Å². The van der Waals surface area contributed by atoms with Crippen LogP contribution in [-0.2, 0) is 9.84 Å². The molecule has 0 aliphatic carbocycles. The van der Waals surface area contributed by atoms with Gasteiger partial charge in [0.15, 0.2) is 9.84 Å². The molecule has 1 aliphatic heterocycles. The molecule has 1 saturated heterocycles. The predicted molar refractivity (Wildman–Crippen MR) is 106 cm³/mol. The third-order valence-corrected chi connectivity index (χ3v) is 7.07. The smallest absolute Gasteiger partial charge is 0.178 e. The number of likely N-dealkylation sites (N-methyl/N-ethyl adjacent to an activating group) is 1. The SMILES string of the molecule is CCS(=O)(=O)c1ccc([C@H](NC[C@@H]2CCCN2C)c2ccccc2)cc1. The number of likely N-dealkylation sites (tertiary alicyclic amines) is 1. The summed E-state index contributed by atoms with van der Waals surface area (Å²) < 4.78 is 24.1. The van der Waals surface area contributed by atoms with Crippen LogP contribution in [0.5, 0.6) is 0 Å². The zero-order valence-electron chi connectivity index (χ0n) is 15.6. The fraction of sp³-hybridized carbons (Fsp3) is 0.429. The van der Waals surface area contributed by atoms with Gasteiger partial charge in [0, 0.05) is 12.6 Å². The fourth-order valence-corrected chi connectivity index (χ4v) is 4.48. The Morgan fingerprint density at radius 3 is 2.31 bits per heavy atom. The molecule has 0 saturated carbocycles. The van der Waals surface area contributed by atoms with E-state index >= 15 is 0 Å². The van der Waals surface area contributed by atoms with Crippen LogP contribution in [0.25, 0.3) is 0 Å². The molecule has 3 rings (SSSR count). The molecule has 2 aromatic carbocycles. The first-order chi connectivity index (χ1) is 12.5. The molecular formula is C21H28N2O2S. The van der Waals surface area contributed by atoms with E-state index in [1.54, 1.807) is 19.1 Å². The van der Waals surface area contributed by atoms with Crippen molar-refractivity contribution in [3.63, 3.8) is 0 Å². The first kappa shape index (κ1) is 19.1.